The minimum absolute atomic E-state index is 0.0578. The van der Waals surface area contributed by atoms with Crippen LogP contribution in [0.3, 0.4) is 0 Å². The van der Waals surface area contributed by atoms with Crippen molar-refractivity contribution in [1.29, 1.82) is 0 Å². The third-order valence-corrected chi connectivity index (χ3v) is 2.99. The van der Waals surface area contributed by atoms with E-state index >= 15 is 0 Å². The maximum absolute atomic E-state index is 12.6. The number of para-hydroxylation sites is 1. The molecule has 100 valence electrons. The van der Waals surface area contributed by atoms with E-state index in [1.807, 2.05) is 30.3 Å². The second-order valence-corrected chi connectivity index (χ2v) is 4.21. The second-order valence-electron chi connectivity index (χ2n) is 4.21. The number of hydrogen-bond acceptors (Lipinski definition) is 4. The Labute approximate surface area is 115 Å². The molecule has 0 aliphatic heterocycles. The quantitative estimate of drug-likeness (QED) is 0.539. The van der Waals surface area contributed by atoms with Gasteiger partial charge in [0.1, 0.15) is 11.1 Å². The van der Waals surface area contributed by atoms with Crippen molar-refractivity contribution < 1.29 is 14.2 Å². The monoisotopic (exact) mass is 268 g/mol. The van der Waals surface area contributed by atoms with Crippen LogP contribution in [0, 0.1) is 0 Å². The third kappa shape index (κ3) is 2.06. The first-order valence-electron chi connectivity index (χ1n) is 6.13. The second kappa shape index (κ2) is 5.19. The van der Waals surface area contributed by atoms with Crippen LogP contribution in [0.1, 0.15) is 0 Å². The predicted octanol–water partition coefficient (Wildman–Crippen LogP) is 3.40. The number of hydrogen-bond donors (Lipinski definition) is 0. The van der Waals surface area contributed by atoms with Crippen molar-refractivity contribution in [3.05, 3.63) is 64.8 Å². The highest BCUT2D eigenvalue weighted by Gasteiger charge is 2.17. The lowest BCUT2D eigenvalue weighted by Gasteiger charge is -2.08. The minimum atomic E-state index is -0.148. The van der Waals surface area contributed by atoms with Gasteiger partial charge < -0.3 is 4.42 Å². The highest BCUT2D eigenvalue weighted by molar-refractivity contribution is 5.83. The summed E-state index contributed by atoms with van der Waals surface area (Å²) in [5, 5.41) is 0.509. The van der Waals surface area contributed by atoms with E-state index in [1.165, 1.54) is 7.11 Å². The first-order valence-corrected chi connectivity index (χ1v) is 6.13. The van der Waals surface area contributed by atoms with E-state index in [0.29, 0.717) is 16.5 Å². The van der Waals surface area contributed by atoms with Crippen LogP contribution in [-0.2, 0) is 4.89 Å². The fourth-order valence-corrected chi connectivity index (χ4v) is 2.11. The molecule has 0 saturated heterocycles. The van der Waals surface area contributed by atoms with Crippen molar-refractivity contribution >= 4 is 11.0 Å². The lowest BCUT2D eigenvalue weighted by Crippen LogP contribution is -2.08. The normalized spacial score (nSPS) is 10.7. The van der Waals surface area contributed by atoms with Gasteiger partial charge >= 0.3 is 5.95 Å². The van der Waals surface area contributed by atoms with Crippen molar-refractivity contribution in [2.45, 2.75) is 0 Å². The van der Waals surface area contributed by atoms with Gasteiger partial charge in [-0.15, -0.1) is 0 Å². The van der Waals surface area contributed by atoms with Crippen LogP contribution in [-0.4, -0.2) is 7.11 Å². The molecular weight excluding hydrogens is 256 g/mol. The van der Waals surface area contributed by atoms with Gasteiger partial charge in [0.15, 0.2) is 0 Å². The van der Waals surface area contributed by atoms with Gasteiger partial charge in [0.2, 0.25) is 5.43 Å². The summed E-state index contributed by atoms with van der Waals surface area (Å²) >= 11 is 0. The third-order valence-electron chi connectivity index (χ3n) is 2.99. The molecule has 3 rings (SSSR count). The lowest BCUT2D eigenvalue weighted by atomic mass is 10.1. The molecule has 0 bridgehead atoms. The molecule has 0 amide bonds. The number of fused-ring (bicyclic) bond motifs is 1. The SMILES string of the molecule is COOc1oc2ccccc2c(=O)c1-c1ccccc1. The molecule has 4 heteroatoms. The zero-order valence-corrected chi connectivity index (χ0v) is 10.8. The molecule has 0 spiro atoms. The Kier molecular flexibility index (Phi) is 3.23. The van der Waals surface area contributed by atoms with Gasteiger partial charge in [-0.2, -0.15) is 4.89 Å². The highest BCUT2D eigenvalue weighted by atomic mass is 17.2. The Morgan fingerprint density at radius 2 is 1.65 bits per heavy atom. The number of rotatable bonds is 3. The van der Waals surface area contributed by atoms with Gasteiger partial charge in [0.05, 0.1) is 12.5 Å². The average molecular weight is 268 g/mol. The largest absolute Gasteiger partial charge is 0.423 e. The molecule has 0 radical (unpaired) electrons. The van der Waals surface area contributed by atoms with Crippen LogP contribution in [0.4, 0.5) is 0 Å². The molecule has 0 aliphatic carbocycles. The molecule has 3 aromatic rings. The van der Waals surface area contributed by atoms with Gasteiger partial charge in [0.25, 0.3) is 0 Å². The summed E-state index contributed by atoms with van der Waals surface area (Å²) in [5.41, 5.74) is 1.39. The fourth-order valence-electron chi connectivity index (χ4n) is 2.11. The lowest BCUT2D eigenvalue weighted by molar-refractivity contribution is -0.191. The predicted molar refractivity (Wildman–Crippen MR) is 75.6 cm³/mol. The van der Waals surface area contributed by atoms with Crippen molar-refractivity contribution in [2.24, 2.45) is 0 Å². The van der Waals surface area contributed by atoms with E-state index in [0.717, 1.165) is 5.56 Å². The maximum Gasteiger partial charge on any atom is 0.334 e. The zero-order chi connectivity index (χ0) is 13.9. The summed E-state index contributed by atoms with van der Waals surface area (Å²) in [6, 6.07) is 16.3. The summed E-state index contributed by atoms with van der Waals surface area (Å²) in [7, 11) is 1.37. The Morgan fingerprint density at radius 3 is 2.40 bits per heavy atom. The van der Waals surface area contributed by atoms with Crippen LogP contribution < -0.4 is 10.3 Å². The molecule has 1 heterocycles. The molecule has 20 heavy (non-hydrogen) atoms. The van der Waals surface area contributed by atoms with E-state index in [2.05, 4.69) is 4.89 Å². The first kappa shape index (κ1) is 12.4. The van der Waals surface area contributed by atoms with Crippen molar-refractivity contribution in [1.82, 2.24) is 0 Å². The summed E-state index contributed by atoms with van der Waals surface area (Å²) in [5.74, 6) is 0.0578. The van der Waals surface area contributed by atoms with E-state index in [9.17, 15) is 4.79 Å². The summed E-state index contributed by atoms with van der Waals surface area (Å²) < 4.78 is 5.62. The number of benzene rings is 2. The highest BCUT2D eigenvalue weighted by Crippen LogP contribution is 2.30. The van der Waals surface area contributed by atoms with Gasteiger partial charge in [0, 0.05) is 0 Å². The van der Waals surface area contributed by atoms with Crippen LogP contribution in [0.2, 0.25) is 0 Å². The fraction of sp³-hybridized carbons (Fsp3) is 0.0625. The van der Waals surface area contributed by atoms with E-state index in [1.54, 1.807) is 24.3 Å². The molecule has 2 aromatic carbocycles. The van der Waals surface area contributed by atoms with Gasteiger partial charge in [-0.05, 0) is 17.7 Å². The average Bonchev–Trinajstić information content (AvgIpc) is 2.49. The van der Waals surface area contributed by atoms with E-state index < -0.39 is 0 Å². The Hall–Kier alpha value is -2.59. The Morgan fingerprint density at radius 1 is 0.950 bits per heavy atom. The molecule has 0 atom stereocenters. The van der Waals surface area contributed by atoms with Crippen LogP contribution >= 0.6 is 0 Å². The van der Waals surface area contributed by atoms with Crippen LogP contribution in [0.15, 0.2) is 63.8 Å². The molecule has 0 aliphatic rings. The Balaban J connectivity index is 2.36. The molecule has 0 unspecified atom stereocenters. The Bertz CT molecular complexity index is 790. The smallest absolute Gasteiger partial charge is 0.334 e. The molecule has 0 saturated carbocycles. The maximum atomic E-state index is 12.6. The van der Waals surface area contributed by atoms with Crippen molar-refractivity contribution in [3.63, 3.8) is 0 Å². The van der Waals surface area contributed by atoms with Gasteiger partial charge in [-0.25, -0.2) is 0 Å². The summed E-state index contributed by atoms with van der Waals surface area (Å²) in [4.78, 5) is 22.3. The standard InChI is InChI=1S/C16H12O4/c1-18-20-16-14(11-7-3-2-4-8-11)15(17)12-9-5-6-10-13(12)19-16/h2-10H,1H3. The summed E-state index contributed by atoms with van der Waals surface area (Å²) in [6.45, 7) is 0. The molecule has 4 nitrogen and oxygen atoms in total. The van der Waals surface area contributed by atoms with Gasteiger partial charge in [-0.1, -0.05) is 42.5 Å². The zero-order valence-electron chi connectivity index (χ0n) is 10.8. The topological polar surface area (TPSA) is 48.7 Å². The van der Waals surface area contributed by atoms with Crippen molar-refractivity contribution in [3.8, 4) is 17.1 Å². The molecule has 1 aromatic heterocycles. The van der Waals surface area contributed by atoms with Gasteiger partial charge in [-0.3, -0.25) is 9.68 Å². The minimum Gasteiger partial charge on any atom is -0.423 e. The van der Waals surface area contributed by atoms with Crippen LogP contribution in [0.25, 0.3) is 22.1 Å². The van der Waals surface area contributed by atoms with E-state index in [-0.39, 0.29) is 11.4 Å². The van der Waals surface area contributed by atoms with Crippen LogP contribution in [0.5, 0.6) is 5.95 Å². The van der Waals surface area contributed by atoms with Crippen molar-refractivity contribution in [2.75, 3.05) is 7.11 Å². The first-order chi connectivity index (χ1) is 9.81. The molecular formula is C16H12O4. The molecule has 0 fully saturated rings. The molecule has 0 N–H and O–H groups in total. The van der Waals surface area contributed by atoms with E-state index in [4.69, 9.17) is 9.30 Å². The summed E-state index contributed by atoms with van der Waals surface area (Å²) in [6.07, 6.45) is 0.